The fourth-order valence-electron chi connectivity index (χ4n) is 1.26. The average molecular weight is 253 g/mol. The standard InChI is InChI=1S/C12H19N3O3/c1-3-6-18-11-7-10(14-8-15-11)13-5-4-9(2)12(16)17/h7-9H,3-6H2,1-2H3,(H,16,17)(H,13,14,15). The summed E-state index contributed by atoms with van der Waals surface area (Å²) in [5.41, 5.74) is 0. The third-order valence-electron chi connectivity index (χ3n) is 2.40. The van der Waals surface area contributed by atoms with Gasteiger partial charge in [-0.2, -0.15) is 0 Å². The van der Waals surface area contributed by atoms with E-state index in [1.165, 1.54) is 6.33 Å². The second kappa shape index (κ2) is 7.47. The van der Waals surface area contributed by atoms with E-state index >= 15 is 0 Å². The Morgan fingerprint density at radius 1 is 1.56 bits per heavy atom. The van der Waals surface area contributed by atoms with Crippen LogP contribution < -0.4 is 10.1 Å². The van der Waals surface area contributed by atoms with E-state index < -0.39 is 5.97 Å². The van der Waals surface area contributed by atoms with Crippen molar-refractivity contribution in [3.8, 4) is 5.88 Å². The molecule has 0 aromatic carbocycles. The molecule has 100 valence electrons. The second-order valence-electron chi connectivity index (χ2n) is 4.04. The number of aromatic nitrogens is 2. The largest absolute Gasteiger partial charge is 0.481 e. The fraction of sp³-hybridized carbons (Fsp3) is 0.583. The van der Waals surface area contributed by atoms with E-state index in [9.17, 15) is 4.79 Å². The van der Waals surface area contributed by atoms with Crippen LogP contribution >= 0.6 is 0 Å². The summed E-state index contributed by atoms with van der Waals surface area (Å²) in [6, 6.07) is 1.71. The van der Waals surface area contributed by atoms with Crippen LogP contribution in [-0.2, 0) is 4.79 Å². The summed E-state index contributed by atoms with van der Waals surface area (Å²) in [7, 11) is 0. The monoisotopic (exact) mass is 253 g/mol. The Labute approximate surface area is 106 Å². The third kappa shape index (κ3) is 4.99. The molecule has 1 aromatic rings. The SMILES string of the molecule is CCCOc1cc(NCCC(C)C(=O)O)ncn1. The van der Waals surface area contributed by atoms with Gasteiger partial charge in [0, 0.05) is 12.6 Å². The van der Waals surface area contributed by atoms with E-state index in [-0.39, 0.29) is 5.92 Å². The van der Waals surface area contributed by atoms with Crippen molar-refractivity contribution in [3.05, 3.63) is 12.4 Å². The van der Waals surface area contributed by atoms with Gasteiger partial charge in [-0.25, -0.2) is 9.97 Å². The molecule has 0 saturated carbocycles. The Kier molecular flexibility index (Phi) is 5.90. The van der Waals surface area contributed by atoms with Crippen molar-refractivity contribution in [2.75, 3.05) is 18.5 Å². The van der Waals surface area contributed by atoms with E-state index in [0.29, 0.717) is 31.3 Å². The molecule has 6 heteroatoms. The third-order valence-corrected chi connectivity index (χ3v) is 2.40. The lowest BCUT2D eigenvalue weighted by Gasteiger charge is -2.09. The van der Waals surface area contributed by atoms with Crippen molar-refractivity contribution < 1.29 is 14.6 Å². The first kappa shape index (κ1) is 14.2. The highest BCUT2D eigenvalue weighted by molar-refractivity contribution is 5.69. The maximum Gasteiger partial charge on any atom is 0.306 e. The van der Waals surface area contributed by atoms with Crippen LogP contribution in [0.15, 0.2) is 12.4 Å². The molecule has 0 saturated heterocycles. The number of anilines is 1. The van der Waals surface area contributed by atoms with Crippen molar-refractivity contribution >= 4 is 11.8 Å². The molecule has 1 rings (SSSR count). The number of nitrogens with zero attached hydrogens (tertiary/aromatic N) is 2. The molecule has 6 nitrogen and oxygen atoms in total. The maximum atomic E-state index is 10.6. The first-order valence-corrected chi connectivity index (χ1v) is 6.05. The zero-order valence-electron chi connectivity index (χ0n) is 10.7. The number of carboxylic acids is 1. The molecule has 18 heavy (non-hydrogen) atoms. The number of carboxylic acid groups (broad SMARTS) is 1. The topological polar surface area (TPSA) is 84.3 Å². The molecule has 0 radical (unpaired) electrons. The zero-order valence-corrected chi connectivity index (χ0v) is 10.7. The molecule has 0 aliphatic rings. The summed E-state index contributed by atoms with van der Waals surface area (Å²) in [5.74, 6) is 0.0240. The highest BCUT2D eigenvalue weighted by atomic mass is 16.5. The Hall–Kier alpha value is -1.85. The zero-order chi connectivity index (χ0) is 13.4. The maximum absolute atomic E-state index is 10.6. The summed E-state index contributed by atoms with van der Waals surface area (Å²) in [6.45, 7) is 4.87. The van der Waals surface area contributed by atoms with Gasteiger partial charge in [0.2, 0.25) is 5.88 Å². The van der Waals surface area contributed by atoms with Gasteiger partial charge >= 0.3 is 5.97 Å². The number of aliphatic carboxylic acids is 1. The predicted octanol–water partition coefficient (Wildman–Crippen LogP) is 1.79. The number of nitrogens with one attached hydrogen (secondary N) is 1. The molecule has 0 aliphatic heterocycles. The van der Waals surface area contributed by atoms with Crippen LogP contribution in [0.3, 0.4) is 0 Å². The van der Waals surface area contributed by atoms with Gasteiger partial charge in [-0.3, -0.25) is 4.79 Å². The summed E-state index contributed by atoms with van der Waals surface area (Å²) in [4.78, 5) is 18.7. The molecule has 0 spiro atoms. The van der Waals surface area contributed by atoms with Crippen LogP contribution in [-0.4, -0.2) is 34.2 Å². The fourth-order valence-corrected chi connectivity index (χ4v) is 1.26. The van der Waals surface area contributed by atoms with Gasteiger partial charge in [0.05, 0.1) is 12.5 Å². The van der Waals surface area contributed by atoms with Crippen molar-refractivity contribution in [3.63, 3.8) is 0 Å². The Morgan fingerprint density at radius 3 is 3.00 bits per heavy atom. The molecular weight excluding hydrogens is 234 g/mol. The minimum absolute atomic E-state index is 0.366. The highest BCUT2D eigenvalue weighted by Gasteiger charge is 2.09. The van der Waals surface area contributed by atoms with Gasteiger partial charge in [-0.15, -0.1) is 0 Å². The number of ether oxygens (including phenoxy) is 1. The van der Waals surface area contributed by atoms with Crippen molar-refractivity contribution in [2.45, 2.75) is 26.7 Å². The Morgan fingerprint density at radius 2 is 2.33 bits per heavy atom. The highest BCUT2D eigenvalue weighted by Crippen LogP contribution is 2.11. The smallest absolute Gasteiger partial charge is 0.306 e. The van der Waals surface area contributed by atoms with Gasteiger partial charge in [0.1, 0.15) is 12.1 Å². The molecule has 1 unspecified atom stereocenters. The average Bonchev–Trinajstić information content (AvgIpc) is 2.36. The summed E-state index contributed by atoms with van der Waals surface area (Å²) in [5, 5.41) is 11.8. The van der Waals surface area contributed by atoms with Crippen molar-refractivity contribution in [1.29, 1.82) is 0 Å². The van der Waals surface area contributed by atoms with E-state index in [1.807, 2.05) is 6.92 Å². The number of hydrogen-bond donors (Lipinski definition) is 2. The van der Waals surface area contributed by atoms with Crippen molar-refractivity contribution in [2.24, 2.45) is 5.92 Å². The number of hydrogen-bond acceptors (Lipinski definition) is 5. The molecule has 0 fully saturated rings. The first-order chi connectivity index (χ1) is 8.63. The van der Waals surface area contributed by atoms with Gasteiger partial charge < -0.3 is 15.2 Å². The van der Waals surface area contributed by atoms with Crippen LogP contribution in [0.2, 0.25) is 0 Å². The van der Waals surface area contributed by atoms with Gasteiger partial charge in [0.25, 0.3) is 0 Å². The lowest BCUT2D eigenvalue weighted by atomic mass is 10.1. The minimum Gasteiger partial charge on any atom is -0.481 e. The van der Waals surface area contributed by atoms with Crippen molar-refractivity contribution in [1.82, 2.24) is 9.97 Å². The lowest BCUT2D eigenvalue weighted by molar-refractivity contribution is -0.141. The number of rotatable bonds is 8. The molecular formula is C12H19N3O3. The quantitative estimate of drug-likeness (QED) is 0.734. The van der Waals surface area contributed by atoms with E-state index in [4.69, 9.17) is 9.84 Å². The van der Waals surface area contributed by atoms with Crippen LogP contribution in [0, 0.1) is 5.92 Å². The summed E-state index contributed by atoms with van der Waals surface area (Å²) in [6.07, 6.45) is 2.89. The minimum atomic E-state index is -0.786. The van der Waals surface area contributed by atoms with E-state index in [1.54, 1.807) is 13.0 Å². The molecule has 1 aromatic heterocycles. The molecule has 0 aliphatic carbocycles. The van der Waals surface area contributed by atoms with E-state index in [0.717, 1.165) is 6.42 Å². The molecule has 0 amide bonds. The molecule has 1 atom stereocenters. The molecule has 2 N–H and O–H groups in total. The lowest BCUT2D eigenvalue weighted by Crippen LogP contribution is -2.15. The normalized spacial score (nSPS) is 11.9. The van der Waals surface area contributed by atoms with Gasteiger partial charge in [-0.05, 0) is 12.8 Å². The van der Waals surface area contributed by atoms with Crippen LogP contribution in [0.4, 0.5) is 5.82 Å². The van der Waals surface area contributed by atoms with Crippen LogP contribution in [0.5, 0.6) is 5.88 Å². The van der Waals surface area contributed by atoms with Gasteiger partial charge in [-0.1, -0.05) is 13.8 Å². The number of carbonyl (C=O) groups is 1. The Balaban J connectivity index is 2.40. The first-order valence-electron chi connectivity index (χ1n) is 6.05. The summed E-state index contributed by atoms with van der Waals surface area (Å²) < 4.78 is 5.38. The predicted molar refractivity (Wildman–Crippen MR) is 67.7 cm³/mol. The van der Waals surface area contributed by atoms with Gasteiger partial charge in [0.15, 0.2) is 0 Å². The molecule has 0 bridgehead atoms. The van der Waals surface area contributed by atoms with E-state index in [2.05, 4.69) is 15.3 Å². The van der Waals surface area contributed by atoms with Crippen LogP contribution in [0.1, 0.15) is 26.7 Å². The van der Waals surface area contributed by atoms with Crippen LogP contribution in [0.25, 0.3) is 0 Å². The summed E-state index contributed by atoms with van der Waals surface area (Å²) >= 11 is 0. The molecule has 1 heterocycles. The second-order valence-corrected chi connectivity index (χ2v) is 4.04. The Bertz CT molecular complexity index is 385.